The lowest BCUT2D eigenvalue weighted by Gasteiger charge is -2.28. The number of pyridine rings is 1. The number of nitrogens with zero attached hydrogens (tertiary/aromatic N) is 2. The Morgan fingerprint density at radius 3 is 2.67 bits per heavy atom. The lowest BCUT2D eigenvalue weighted by Crippen LogP contribution is -2.43. The van der Waals surface area contributed by atoms with Crippen LogP contribution in [-0.4, -0.2) is 44.2 Å². The molecular weight excluding hydrogens is 277 g/mol. The summed E-state index contributed by atoms with van der Waals surface area (Å²) in [5.74, 6) is 0.517. The van der Waals surface area contributed by atoms with E-state index in [2.05, 4.69) is 19.9 Å². The number of ether oxygens (including phenoxy) is 1. The first kappa shape index (κ1) is 17.0. The number of piperazine rings is 1. The van der Waals surface area contributed by atoms with Crippen LogP contribution in [0.1, 0.15) is 10.4 Å². The van der Waals surface area contributed by atoms with Crippen molar-refractivity contribution in [2.45, 2.75) is 0 Å². The molecule has 2 rings (SSSR count). The summed E-state index contributed by atoms with van der Waals surface area (Å²) in [6, 6.07) is 3.44. The zero-order valence-corrected chi connectivity index (χ0v) is 11.7. The van der Waals surface area contributed by atoms with E-state index in [0.717, 1.165) is 32.0 Å². The van der Waals surface area contributed by atoms with Crippen LogP contribution in [0.2, 0.25) is 0 Å². The second kappa shape index (κ2) is 8.13. The molecule has 0 saturated carbocycles. The normalized spacial score (nSPS) is 14.2. The molecule has 1 fully saturated rings. The first-order valence-corrected chi connectivity index (χ1v) is 5.31. The molecule has 1 N–H and O–H groups in total. The van der Waals surface area contributed by atoms with E-state index in [9.17, 15) is 4.79 Å². The van der Waals surface area contributed by atoms with Crippen LogP contribution >= 0.6 is 24.8 Å². The molecule has 7 heteroatoms. The fraction of sp³-hybridized carbons (Fsp3) is 0.455. The molecule has 1 aromatic rings. The number of nitrogens with one attached hydrogen (secondary N) is 1. The van der Waals surface area contributed by atoms with Gasteiger partial charge >= 0.3 is 5.97 Å². The Hall–Kier alpha value is -1.04. The minimum atomic E-state index is -0.321. The minimum Gasteiger partial charge on any atom is -0.465 e. The van der Waals surface area contributed by atoms with Gasteiger partial charge in [0.05, 0.1) is 12.7 Å². The molecule has 1 saturated heterocycles. The van der Waals surface area contributed by atoms with Crippen LogP contribution in [0.3, 0.4) is 0 Å². The van der Waals surface area contributed by atoms with Gasteiger partial charge in [0, 0.05) is 32.4 Å². The van der Waals surface area contributed by atoms with Gasteiger partial charge in [-0.15, -0.1) is 24.8 Å². The highest BCUT2D eigenvalue weighted by molar-refractivity contribution is 5.90. The maximum absolute atomic E-state index is 11.4. The average Bonchev–Trinajstić information content (AvgIpc) is 2.39. The molecule has 0 spiro atoms. The molecule has 1 aliphatic rings. The third-order valence-electron chi connectivity index (χ3n) is 2.61. The summed E-state index contributed by atoms with van der Waals surface area (Å²) in [6.07, 6.45) is 1.64. The zero-order valence-electron chi connectivity index (χ0n) is 10.1. The van der Waals surface area contributed by atoms with Gasteiger partial charge in [-0.25, -0.2) is 9.78 Å². The van der Waals surface area contributed by atoms with E-state index in [0.29, 0.717) is 5.56 Å². The number of anilines is 1. The van der Waals surface area contributed by atoms with Crippen LogP contribution in [-0.2, 0) is 4.74 Å². The standard InChI is InChI=1S/C11H15N3O2.2ClH/c1-16-11(15)9-2-3-13-10(8-9)14-6-4-12-5-7-14;;/h2-3,8,12H,4-7H2,1H3;2*1H. The molecule has 2 heterocycles. The number of esters is 1. The fourth-order valence-corrected chi connectivity index (χ4v) is 1.73. The summed E-state index contributed by atoms with van der Waals surface area (Å²) in [4.78, 5) is 17.8. The summed E-state index contributed by atoms with van der Waals surface area (Å²) >= 11 is 0. The van der Waals surface area contributed by atoms with E-state index in [-0.39, 0.29) is 30.8 Å². The first-order valence-electron chi connectivity index (χ1n) is 5.31. The SMILES string of the molecule is COC(=O)c1ccnc(N2CCNCC2)c1.Cl.Cl. The number of aromatic nitrogens is 1. The highest BCUT2D eigenvalue weighted by atomic mass is 35.5. The number of carbonyl (C=O) groups is 1. The van der Waals surface area contributed by atoms with Crippen LogP contribution in [0.4, 0.5) is 5.82 Å². The summed E-state index contributed by atoms with van der Waals surface area (Å²) in [5, 5.41) is 3.27. The Morgan fingerprint density at radius 2 is 2.06 bits per heavy atom. The average molecular weight is 294 g/mol. The van der Waals surface area contributed by atoms with Crippen LogP contribution in [0, 0.1) is 0 Å². The molecule has 1 aliphatic heterocycles. The van der Waals surface area contributed by atoms with Crippen molar-refractivity contribution in [3.05, 3.63) is 23.9 Å². The predicted molar refractivity (Wildman–Crippen MR) is 75.2 cm³/mol. The van der Waals surface area contributed by atoms with Gasteiger partial charge in [-0.3, -0.25) is 0 Å². The molecule has 0 aliphatic carbocycles. The van der Waals surface area contributed by atoms with Crippen molar-refractivity contribution in [2.24, 2.45) is 0 Å². The Balaban J connectivity index is 0.00000144. The van der Waals surface area contributed by atoms with Gasteiger partial charge in [-0.2, -0.15) is 0 Å². The number of hydrogen-bond acceptors (Lipinski definition) is 5. The molecule has 0 aromatic carbocycles. The number of hydrogen-bond donors (Lipinski definition) is 1. The van der Waals surface area contributed by atoms with Crippen LogP contribution in [0.15, 0.2) is 18.3 Å². The zero-order chi connectivity index (χ0) is 11.4. The summed E-state index contributed by atoms with van der Waals surface area (Å²) in [7, 11) is 1.38. The third kappa shape index (κ3) is 4.01. The molecule has 102 valence electrons. The molecule has 5 nitrogen and oxygen atoms in total. The molecule has 0 bridgehead atoms. The number of halogens is 2. The molecule has 0 amide bonds. The fourth-order valence-electron chi connectivity index (χ4n) is 1.73. The molecule has 0 atom stereocenters. The van der Waals surface area contributed by atoms with E-state index >= 15 is 0 Å². The van der Waals surface area contributed by atoms with E-state index in [1.54, 1.807) is 18.3 Å². The summed E-state index contributed by atoms with van der Waals surface area (Å²) in [6.45, 7) is 3.73. The number of carbonyl (C=O) groups excluding carboxylic acids is 1. The Morgan fingerprint density at radius 1 is 1.39 bits per heavy atom. The predicted octanol–water partition coefficient (Wildman–Crippen LogP) is 1.12. The van der Waals surface area contributed by atoms with Crippen LogP contribution in [0.5, 0.6) is 0 Å². The highest BCUT2D eigenvalue weighted by Crippen LogP contribution is 2.13. The van der Waals surface area contributed by atoms with Crippen molar-refractivity contribution >= 4 is 36.6 Å². The van der Waals surface area contributed by atoms with Crippen molar-refractivity contribution in [3.8, 4) is 0 Å². The van der Waals surface area contributed by atoms with Gasteiger partial charge in [0.25, 0.3) is 0 Å². The molecule has 0 unspecified atom stereocenters. The van der Waals surface area contributed by atoms with E-state index in [1.807, 2.05) is 0 Å². The summed E-state index contributed by atoms with van der Waals surface area (Å²) in [5.41, 5.74) is 0.547. The van der Waals surface area contributed by atoms with E-state index < -0.39 is 0 Å². The third-order valence-corrected chi connectivity index (χ3v) is 2.61. The summed E-state index contributed by atoms with van der Waals surface area (Å²) < 4.78 is 4.68. The minimum absolute atomic E-state index is 0. The maximum atomic E-state index is 11.4. The van der Waals surface area contributed by atoms with Gasteiger partial charge in [0.1, 0.15) is 5.82 Å². The quantitative estimate of drug-likeness (QED) is 0.828. The lowest BCUT2D eigenvalue weighted by atomic mass is 10.2. The van der Waals surface area contributed by atoms with Gasteiger partial charge in [0.2, 0.25) is 0 Å². The Bertz CT molecular complexity index is 384. The van der Waals surface area contributed by atoms with Gasteiger partial charge in [-0.1, -0.05) is 0 Å². The molecule has 18 heavy (non-hydrogen) atoms. The van der Waals surface area contributed by atoms with E-state index in [4.69, 9.17) is 0 Å². The van der Waals surface area contributed by atoms with E-state index in [1.165, 1.54) is 7.11 Å². The van der Waals surface area contributed by atoms with Gasteiger partial charge in [-0.05, 0) is 12.1 Å². The smallest absolute Gasteiger partial charge is 0.338 e. The highest BCUT2D eigenvalue weighted by Gasteiger charge is 2.13. The van der Waals surface area contributed by atoms with Crippen LogP contribution in [0.25, 0.3) is 0 Å². The van der Waals surface area contributed by atoms with Crippen molar-refractivity contribution in [1.82, 2.24) is 10.3 Å². The van der Waals surface area contributed by atoms with Crippen molar-refractivity contribution < 1.29 is 9.53 Å². The molecular formula is C11H17Cl2N3O2. The van der Waals surface area contributed by atoms with Crippen molar-refractivity contribution in [3.63, 3.8) is 0 Å². The number of rotatable bonds is 2. The Kier molecular flexibility index (Phi) is 7.66. The Labute approximate surface area is 119 Å². The first-order chi connectivity index (χ1) is 7.81. The molecule has 0 radical (unpaired) electrons. The van der Waals surface area contributed by atoms with Gasteiger partial charge < -0.3 is 15.0 Å². The second-order valence-electron chi connectivity index (χ2n) is 3.63. The molecule has 1 aromatic heterocycles. The second-order valence-corrected chi connectivity index (χ2v) is 3.63. The number of methoxy groups -OCH3 is 1. The topological polar surface area (TPSA) is 54.5 Å². The van der Waals surface area contributed by atoms with Gasteiger partial charge in [0.15, 0.2) is 0 Å². The lowest BCUT2D eigenvalue weighted by molar-refractivity contribution is 0.0600. The van der Waals surface area contributed by atoms with Crippen molar-refractivity contribution in [1.29, 1.82) is 0 Å². The largest absolute Gasteiger partial charge is 0.465 e. The van der Waals surface area contributed by atoms with Crippen LogP contribution < -0.4 is 10.2 Å². The van der Waals surface area contributed by atoms with Crippen molar-refractivity contribution in [2.75, 3.05) is 38.2 Å². The monoisotopic (exact) mass is 293 g/mol. The maximum Gasteiger partial charge on any atom is 0.338 e.